The minimum atomic E-state index is -1.34. The van der Waals surface area contributed by atoms with E-state index in [1.54, 1.807) is 4.90 Å². The lowest BCUT2D eigenvalue weighted by molar-refractivity contribution is 0.0123. The number of β-amino-alcohol motifs (C(OH)–C–C–N with tert-alkyl or cyclic N) is 1. The molecule has 1 aliphatic rings. The fourth-order valence-electron chi connectivity index (χ4n) is 2.73. The number of hydrogen-bond donors (Lipinski definition) is 3. The van der Waals surface area contributed by atoms with Gasteiger partial charge in [-0.05, 0) is 6.07 Å². The summed E-state index contributed by atoms with van der Waals surface area (Å²) in [5, 5.41) is 37.4. The Bertz CT molecular complexity index is 665. The van der Waals surface area contributed by atoms with Crippen LogP contribution < -0.4 is 0 Å². The summed E-state index contributed by atoms with van der Waals surface area (Å²) in [6.07, 6.45) is -2.44. The van der Waals surface area contributed by atoms with Crippen molar-refractivity contribution in [3.8, 4) is 6.07 Å². The molecule has 24 heavy (non-hydrogen) atoms. The van der Waals surface area contributed by atoms with Crippen LogP contribution >= 0.6 is 0 Å². The van der Waals surface area contributed by atoms with Gasteiger partial charge in [-0.1, -0.05) is 6.07 Å². The van der Waals surface area contributed by atoms with Crippen LogP contribution in [0.3, 0.4) is 0 Å². The van der Waals surface area contributed by atoms with Gasteiger partial charge in [0.2, 0.25) is 0 Å². The summed E-state index contributed by atoms with van der Waals surface area (Å²) < 4.78 is 27.4. The number of rotatable bonds is 4. The highest BCUT2D eigenvalue weighted by molar-refractivity contribution is 5.65. The van der Waals surface area contributed by atoms with E-state index in [-0.39, 0.29) is 38.3 Å². The van der Waals surface area contributed by atoms with Gasteiger partial charge < -0.3 is 20.2 Å². The van der Waals surface area contributed by atoms with Crippen molar-refractivity contribution >= 4 is 6.09 Å². The molecule has 3 N–H and O–H groups in total. The van der Waals surface area contributed by atoms with Crippen LogP contribution in [0, 0.1) is 23.0 Å². The average molecular weight is 341 g/mol. The number of amides is 1. The molecule has 9 heteroatoms. The summed E-state index contributed by atoms with van der Waals surface area (Å²) in [5.74, 6) is -2.12. The number of nitrogens with zero attached hydrogens (tertiary/aromatic N) is 3. The number of aliphatic hydroxyl groups excluding tert-OH is 2. The monoisotopic (exact) mass is 341 g/mol. The molecule has 2 atom stereocenters. The maximum Gasteiger partial charge on any atom is 0.407 e. The second-order valence-electron chi connectivity index (χ2n) is 5.51. The molecule has 1 aromatic carbocycles. The summed E-state index contributed by atoms with van der Waals surface area (Å²) >= 11 is 0. The van der Waals surface area contributed by atoms with Crippen LogP contribution in [0.1, 0.15) is 17.2 Å². The fraction of sp³-hybridized carbons (Fsp3) is 0.467. The molecule has 1 aliphatic heterocycles. The minimum Gasteiger partial charge on any atom is -0.465 e. The van der Waals surface area contributed by atoms with E-state index in [0.717, 1.165) is 17.0 Å². The normalized spacial score (nSPS) is 19.8. The van der Waals surface area contributed by atoms with E-state index in [0.29, 0.717) is 0 Å². The van der Waals surface area contributed by atoms with Gasteiger partial charge in [-0.15, -0.1) is 0 Å². The van der Waals surface area contributed by atoms with E-state index in [2.05, 4.69) is 0 Å². The van der Waals surface area contributed by atoms with Gasteiger partial charge in [0.15, 0.2) is 0 Å². The molecule has 0 radical (unpaired) electrons. The predicted molar refractivity (Wildman–Crippen MR) is 78.1 cm³/mol. The van der Waals surface area contributed by atoms with Crippen molar-refractivity contribution in [1.29, 1.82) is 5.26 Å². The van der Waals surface area contributed by atoms with Crippen molar-refractivity contribution in [2.45, 2.75) is 12.1 Å². The van der Waals surface area contributed by atoms with E-state index in [9.17, 15) is 23.8 Å². The van der Waals surface area contributed by atoms with Gasteiger partial charge >= 0.3 is 6.09 Å². The van der Waals surface area contributed by atoms with Crippen molar-refractivity contribution < 1.29 is 28.9 Å². The third-order valence-electron chi connectivity index (χ3n) is 4.09. The molecular formula is C15H17F2N3O4. The molecule has 1 fully saturated rings. The van der Waals surface area contributed by atoms with Crippen molar-refractivity contribution in [2.75, 3.05) is 32.8 Å². The Balaban J connectivity index is 2.14. The molecule has 1 amide bonds. The maximum absolute atomic E-state index is 14.1. The first-order valence-electron chi connectivity index (χ1n) is 7.27. The van der Waals surface area contributed by atoms with Crippen LogP contribution in [-0.4, -0.2) is 70.0 Å². The van der Waals surface area contributed by atoms with Crippen molar-refractivity contribution in [3.05, 3.63) is 34.9 Å². The summed E-state index contributed by atoms with van der Waals surface area (Å²) in [6, 6.07) is 2.85. The Hall–Kier alpha value is -2.28. The fourth-order valence-corrected chi connectivity index (χ4v) is 2.73. The zero-order valence-corrected chi connectivity index (χ0v) is 12.7. The van der Waals surface area contributed by atoms with Gasteiger partial charge in [-0.2, -0.15) is 5.26 Å². The molecule has 130 valence electrons. The van der Waals surface area contributed by atoms with E-state index < -0.39 is 35.4 Å². The molecule has 1 unspecified atom stereocenters. The van der Waals surface area contributed by atoms with Crippen LogP contribution in [0.4, 0.5) is 13.6 Å². The van der Waals surface area contributed by atoms with Crippen LogP contribution in [0.15, 0.2) is 12.1 Å². The largest absolute Gasteiger partial charge is 0.465 e. The van der Waals surface area contributed by atoms with E-state index in [1.807, 2.05) is 0 Å². The third-order valence-corrected chi connectivity index (χ3v) is 4.09. The molecular weight excluding hydrogens is 324 g/mol. The second-order valence-corrected chi connectivity index (χ2v) is 5.51. The van der Waals surface area contributed by atoms with Gasteiger partial charge in [0.25, 0.3) is 0 Å². The first-order chi connectivity index (χ1) is 11.4. The standard InChI is InChI=1S/C15H17F2N3O4/c16-12-2-1-10(14(17)11(12)5-18)13(22)7-19-3-4-20(15(23)24)6-9(19)8-21/h1-2,9,13,21-22H,3-4,6-8H2,(H,23,24)/t9-,13?/m0/s1. The second kappa shape index (κ2) is 7.53. The van der Waals surface area contributed by atoms with Crippen molar-refractivity contribution in [3.63, 3.8) is 0 Å². The quantitative estimate of drug-likeness (QED) is 0.737. The SMILES string of the molecule is N#Cc1c(F)ccc(C(O)CN2CCN(C(=O)O)C[C@H]2CO)c1F. The van der Waals surface area contributed by atoms with E-state index >= 15 is 0 Å². The van der Waals surface area contributed by atoms with Crippen LogP contribution in [0.2, 0.25) is 0 Å². The van der Waals surface area contributed by atoms with Crippen molar-refractivity contribution in [1.82, 2.24) is 9.80 Å². The number of halogens is 2. The van der Waals surface area contributed by atoms with Gasteiger partial charge in [0, 0.05) is 31.7 Å². The number of nitriles is 1. The Kier molecular flexibility index (Phi) is 5.66. The summed E-state index contributed by atoms with van der Waals surface area (Å²) in [6.45, 7) is 0.0995. The molecule has 1 heterocycles. The number of carbonyl (C=O) groups is 1. The number of hydrogen-bond acceptors (Lipinski definition) is 5. The number of carboxylic acid groups (broad SMARTS) is 1. The Morgan fingerprint density at radius 3 is 2.71 bits per heavy atom. The van der Waals surface area contributed by atoms with Crippen LogP contribution in [-0.2, 0) is 0 Å². The van der Waals surface area contributed by atoms with Gasteiger partial charge in [-0.25, -0.2) is 13.6 Å². The molecule has 0 saturated carbocycles. The van der Waals surface area contributed by atoms with Gasteiger partial charge in [0.05, 0.1) is 18.8 Å². The summed E-state index contributed by atoms with van der Waals surface area (Å²) in [7, 11) is 0. The zero-order chi connectivity index (χ0) is 17.9. The molecule has 2 rings (SSSR count). The lowest BCUT2D eigenvalue weighted by Gasteiger charge is -2.40. The number of piperazine rings is 1. The Morgan fingerprint density at radius 1 is 1.42 bits per heavy atom. The zero-order valence-electron chi connectivity index (χ0n) is 12.7. The average Bonchev–Trinajstić information content (AvgIpc) is 2.55. The molecule has 1 saturated heterocycles. The third kappa shape index (κ3) is 3.62. The smallest absolute Gasteiger partial charge is 0.407 e. The van der Waals surface area contributed by atoms with Crippen LogP contribution in [0.25, 0.3) is 0 Å². The van der Waals surface area contributed by atoms with Gasteiger partial charge in [-0.3, -0.25) is 4.90 Å². The highest BCUT2D eigenvalue weighted by Crippen LogP contribution is 2.24. The molecule has 7 nitrogen and oxygen atoms in total. The molecule has 0 aromatic heterocycles. The number of aliphatic hydroxyl groups is 2. The Labute approximate surface area is 136 Å². The summed E-state index contributed by atoms with van der Waals surface area (Å²) in [5.41, 5.74) is -0.980. The first-order valence-corrected chi connectivity index (χ1v) is 7.27. The van der Waals surface area contributed by atoms with Crippen LogP contribution in [0.5, 0.6) is 0 Å². The summed E-state index contributed by atoms with van der Waals surface area (Å²) in [4.78, 5) is 13.8. The highest BCUT2D eigenvalue weighted by atomic mass is 19.1. The lowest BCUT2D eigenvalue weighted by Crippen LogP contribution is -2.56. The Morgan fingerprint density at radius 2 is 2.12 bits per heavy atom. The topological polar surface area (TPSA) is 108 Å². The molecule has 0 aliphatic carbocycles. The first kappa shape index (κ1) is 18.1. The van der Waals surface area contributed by atoms with E-state index in [4.69, 9.17) is 10.4 Å². The molecule has 0 bridgehead atoms. The lowest BCUT2D eigenvalue weighted by atomic mass is 10.0. The van der Waals surface area contributed by atoms with E-state index in [1.165, 1.54) is 6.07 Å². The minimum absolute atomic E-state index is 0.0634. The number of benzene rings is 1. The molecule has 1 aromatic rings. The van der Waals surface area contributed by atoms with Crippen molar-refractivity contribution in [2.24, 2.45) is 0 Å². The van der Waals surface area contributed by atoms with Gasteiger partial charge in [0.1, 0.15) is 23.3 Å². The predicted octanol–water partition coefficient (Wildman–Crippen LogP) is 0.526. The highest BCUT2D eigenvalue weighted by Gasteiger charge is 2.31. The maximum atomic E-state index is 14.1. The molecule has 0 spiro atoms.